The zero-order valence-corrected chi connectivity index (χ0v) is 12.2. The van der Waals surface area contributed by atoms with E-state index in [0.29, 0.717) is 4.90 Å². The molecule has 4 heteroatoms. The predicted molar refractivity (Wildman–Crippen MR) is 75.5 cm³/mol. The first-order valence-electron chi connectivity index (χ1n) is 6.33. The van der Waals surface area contributed by atoms with Crippen molar-refractivity contribution in [1.82, 2.24) is 5.32 Å². The number of rotatable bonds is 6. The Morgan fingerprint density at radius 2 is 2.00 bits per heavy atom. The maximum Gasteiger partial charge on any atom is 0.137 e. The fourth-order valence-electron chi connectivity index (χ4n) is 1.60. The maximum absolute atomic E-state index is 13.9. The van der Waals surface area contributed by atoms with E-state index >= 15 is 0 Å². The summed E-state index contributed by atoms with van der Waals surface area (Å²) in [7, 11) is 0. The van der Waals surface area contributed by atoms with Crippen molar-refractivity contribution in [3.63, 3.8) is 0 Å². The SMILES string of the molecule is CCNC(C)c1ccc(SC(C)C(C)O)c(F)c1. The van der Waals surface area contributed by atoms with E-state index in [-0.39, 0.29) is 17.1 Å². The molecule has 0 saturated heterocycles. The molecule has 0 saturated carbocycles. The summed E-state index contributed by atoms with van der Waals surface area (Å²) in [6, 6.07) is 5.46. The molecule has 102 valence electrons. The highest BCUT2D eigenvalue weighted by Gasteiger charge is 2.14. The highest BCUT2D eigenvalue weighted by atomic mass is 32.2. The topological polar surface area (TPSA) is 32.3 Å². The molecule has 0 aliphatic carbocycles. The van der Waals surface area contributed by atoms with E-state index in [9.17, 15) is 9.50 Å². The summed E-state index contributed by atoms with van der Waals surface area (Å²) < 4.78 is 13.9. The lowest BCUT2D eigenvalue weighted by atomic mass is 10.1. The van der Waals surface area contributed by atoms with E-state index < -0.39 is 6.10 Å². The van der Waals surface area contributed by atoms with Crippen LogP contribution in [0.1, 0.15) is 39.3 Å². The third-order valence-corrected chi connectivity index (χ3v) is 4.31. The predicted octanol–water partition coefficient (Wildman–Crippen LogP) is 3.36. The van der Waals surface area contributed by atoms with Crippen LogP contribution in [0.25, 0.3) is 0 Å². The third-order valence-electron chi connectivity index (χ3n) is 2.96. The molecule has 2 nitrogen and oxygen atoms in total. The van der Waals surface area contributed by atoms with Crippen LogP contribution in [-0.4, -0.2) is 23.0 Å². The van der Waals surface area contributed by atoms with Crippen molar-refractivity contribution in [1.29, 1.82) is 0 Å². The molecule has 0 bridgehead atoms. The minimum atomic E-state index is -0.449. The van der Waals surface area contributed by atoms with E-state index in [1.54, 1.807) is 19.1 Å². The second kappa shape index (κ2) is 7.12. The number of halogens is 1. The van der Waals surface area contributed by atoms with Crippen LogP contribution in [0.4, 0.5) is 4.39 Å². The standard InChI is InChI=1S/C14H22FNOS/c1-5-16-9(2)12-6-7-14(13(15)8-12)18-11(4)10(3)17/h6-11,16-17H,5H2,1-4H3. The normalized spacial score (nSPS) is 16.3. The Balaban J connectivity index is 2.79. The third kappa shape index (κ3) is 4.26. The van der Waals surface area contributed by atoms with E-state index in [1.165, 1.54) is 11.8 Å². The molecular weight excluding hydrogens is 249 g/mol. The number of aliphatic hydroxyl groups is 1. The molecule has 0 aliphatic heterocycles. The molecule has 3 atom stereocenters. The van der Waals surface area contributed by atoms with Gasteiger partial charge in [0.2, 0.25) is 0 Å². The van der Waals surface area contributed by atoms with Crippen LogP contribution in [0.2, 0.25) is 0 Å². The van der Waals surface area contributed by atoms with E-state index in [0.717, 1.165) is 12.1 Å². The summed E-state index contributed by atoms with van der Waals surface area (Å²) in [5.41, 5.74) is 0.948. The molecule has 0 aliphatic rings. The van der Waals surface area contributed by atoms with Gasteiger partial charge in [0.1, 0.15) is 5.82 Å². The Morgan fingerprint density at radius 1 is 1.33 bits per heavy atom. The summed E-state index contributed by atoms with van der Waals surface area (Å²) in [6.07, 6.45) is -0.449. The second-order valence-corrected chi connectivity index (χ2v) is 5.95. The Morgan fingerprint density at radius 3 is 2.50 bits per heavy atom. The lowest BCUT2D eigenvalue weighted by Gasteiger charge is -2.17. The average Bonchev–Trinajstić information content (AvgIpc) is 2.31. The molecule has 1 aromatic rings. The fourth-order valence-corrected chi connectivity index (χ4v) is 2.52. The molecule has 18 heavy (non-hydrogen) atoms. The molecule has 0 amide bonds. The largest absolute Gasteiger partial charge is 0.392 e. The number of hydrogen-bond acceptors (Lipinski definition) is 3. The van der Waals surface area contributed by atoms with Gasteiger partial charge < -0.3 is 10.4 Å². The van der Waals surface area contributed by atoms with Crippen LogP contribution in [0.5, 0.6) is 0 Å². The summed E-state index contributed by atoms with van der Waals surface area (Å²) >= 11 is 1.37. The lowest BCUT2D eigenvalue weighted by Crippen LogP contribution is -2.18. The first kappa shape index (κ1) is 15.5. The molecule has 3 unspecified atom stereocenters. The van der Waals surface area contributed by atoms with Gasteiger partial charge in [-0.3, -0.25) is 0 Å². The molecular formula is C14H22FNOS. The zero-order chi connectivity index (χ0) is 13.7. The number of hydrogen-bond donors (Lipinski definition) is 2. The summed E-state index contributed by atoms with van der Waals surface area (Å²) in [5, 5.41) is 12.7. The van der Waals surface area contributed by atoms with Crippen molar-refractivity contribution >= 4 is 11.8 Å². The fraction of sp³-hybridized carbons (Fsp3) is 0.571. The van der Waals surface area contributed by atoms with Crippen molar-refractivity contribution in [2.45, 2.75) is 50.0 Å². The molecule has 0 spiro atoms. The van der Waals surface area contributed by atoms with Crippen LogP contribution in [0, 0.1) is 5.82 Å². The van der Waals surface area contributed by atoms with Gasteiger partial charge in [0, 0.05) is 16.2 Å². The van der Waals surface area contributed by atoms with Gasteiger partial charge in [0.05, 0.1) is 6.10 Å². The van der Waals surface area contributed by atoms with Gasteiger partial charge in [-0.05, 0) is 38.1 Å². The molecule has 1 rings (SSSR count). The Bertz CT molecular complexity index is 384. The highest BCUT2D eigenvalue weighted by Crippen LogP contribution is 2.29. The molecule has 0 aromatic heterocycles. The first-order valence-corrected chi connectivity index (χ1v) is 7.21. The number of nitrogens with one attached hydrogen (secondary N) is 1. The zero-order valence-electron chi connectivity index (χ0n) is 11.4. The Labute approximate surface area is 113 Å². The van der Waals surface area contributed by atoms with Gasteiger partial charge >= 0.3 is 0 Å². The summed E-state index contributed by atoms with van der Waals surface area (Å²) in [5.74, 6) is -0.213. The van der Waals surface area contributed by atoms with E-state index in [2.05, 4.69) is 5.32 Å². The Kier molecular flexibility index (Phi) is 6.12. The molecule has 1 aromatic carbocycles. The quantitative estimate of drug-likeness (QED) is 0.778. The molecule has 2 N–H and O–H groups in total. The number of benzene rings is 1. The maximum atomic E-state index is 13.9. The summed E-state index contributed by atoms with van der Waals surface area (Å²) in [6.45, 7) is 8.52. The average molecular weight is 271 g/mol. The smallest absolute Gasteiger partial charge is 0.137 e. The van der Waals surface area contributed by atoms with E-state index in [4.69, 9.17) is 0 Å². The minimum absolute atomic E-state index is 0.0171. The van der Waals surface area contributed by atoms with Crippen molar-refractivity contribution in [3.05, 3.63) is 29.6 Å². The second-order valence-electron chi connectivity index (χ2n) is 4.53. The lowest BCUT2D eigenvalue weighted by molar-refractivity contribution is 0.196. The molecule has 0 fully saturated rings. The van der Waals surface area contributed by atoms with Crippen LogP contribution in [0.3, 0.4) is 0 Å². The van der Waals surface area contributed by atoms with Crippen molar-refractivity contribution < 1.29 is 9.50 Å². The van der Waals surface area contributed by atoms with Gasteiger partial charge in [0.25, 0.3) is 0 Å². The first-order chi connectivity index (χ1) is 8.45. The molecule has 0 heterocycles. The van der Waals surface area contributed by atoms with Gasteiger partial charge in [0.15, 0.2) is 0 Å². The van der Waals surface area contributed by atoms with E-state index in [1.807, 2.05) is 26.8 Å². The van der Waals surface area contributed by atoms with Gasteiger partial charge in [-0.25, -0.2) is 4.39 Å². The van der Waals surface area contributed by atoms with Crippen LogP contribution >= 0.6 is 11.8 Å². The van der Waals surface area contributed by atoms with Crippen LogP contribution in [0.15, 0.2) is 23.1 Å². The summed E-state index contributed by atoms with van der Waals surface area (Å²) in [4.78, 5) is 0.593. The van der Waals surface area contributed by atoms with Gasteiger partial charge in [-0.2, -0.15) is 0 Å². The number of aliphatic hydroxyl groups excluding tert-OH is 1. The molecule has 0 radical (unpaired) electrons. The van der Waals surface area contributed by atoms with Gasteiger partial charge in [-0.15, -0.1) is 11.8 Å². The van der Waals surface area contributed by atoms with Crippen molar-refractivity contribution in [2.24, 2.45) is 0 Å². The minimum Gasteiger partial charge on any atom is -0.392 e. The number of thioether (sulfide) groups is 1. The highest BCUT2D eigenvalue weighted by molar-refractivity contribution is 8.00. The van der Waals surface area contributed by atoms with Crippen molar-refractivity contribution in [2.75, 3.05) is 6.54 Å². The van der Waals surface area contributed by atoms with Crippen LogP contribution in [-0.2, 0) is 0 Å². The van der Waals surface area contributed by atoms with Gasteiger partial charge in [-0.1, -0.05) is 19.9 Å². The monoisotopic (exact) mass is 271 g/mol. The van der Waals surface area contributed by atoms with Crippen LogP contribution < -0.4 is 5.32 Å². The Hall–Kier alpha value is -0.580. The van der Waals surface area contributed by atoms with Crippen molar-refractivity contribution in [3.8, 4) is 0 Å².